The van der Waals surface area contributed by atoms with Crippen molar-refractivity contribution in [2.45, 2.75) is 32.4 Å². The van der Waals surface area contributed by atoms with Crippen molar-refractivity contribution in [1.29, 1.82) is 0 Å². The van der Waals surface area contributed by atoms with E-state index in [2.05, 4.69) is 22.3 Å². The maximum absolute atomic E-state index is 11.1. The Morgan fingerprint density at radius 2 is 1.76 bits per heavy atom. The summed E-state index contributed by atoms with van der Waals surface area (Å²) in [5.41, 5.74) is 3.10. The van der Waals surface area contributed by atoms with Crippen molar-refractivity contribution < 1.29 is 9.90 Å². The largest absolute Gasteiger partial charge is 0.388 e. The number of aliphatic hydroxyl groups is 1. The van der Waals surface area contributed by atoms with Gasteiger partial charge in [0.25, 0.3) is 0 Å². The number of aliphatic hydroxyl groups excluding tert-OH is 1. The summed E-state index contributed by atoms with van der Waals surface area (Å²) in [6.07, 6.45) is 1.67. The molecule has 3 rings (SSSR count). The first kappa shape index (κ1) is 17.6. The molecule has 0 aliphatic carbocycles. The van der Waals surface area contributed by atoms with Gasteiger partial charge in [0, 0.05) is 19.2 Å². The van der Waals surface area contributed by atoms with Crippen molar-refractivity contribution >= 4 is 11.6 Å². The topological polar surface area (TPSA) is 52.6 Å². The minimum Gasteiger partial charge on any atom is -0.388 e. The van der Waals surface area contributed by atoms with Crippen LogP contribution in [-0.4, -0.2) is 29.0 Å². The van der Waals surface area contributed by atoms with Crippen molar-refractivity contribution in [3.05, 3.63) is 65.7 Å². The number of hydrogen-bond donors (Lipinski definition) is 2. The summed E-state index contributed by atoms with van der Waals surface area (Å²) >= 11 is 0. The van der Waals surface area contributed by atoms with E-state index in [0.717, 1.165) is 43.7 Å². The SMILES string of the molecule is CC(=O)Nc1ccc(CN2CCC(C(O)c3ccccc3)CC2)cc1. The summed E-state index contributed by atoms with van der Waals surface area (Å²) in [7, 11) is 0. The zero-order valence-corrected chi connectivity index (χ0v) is 14.7. The standard InChI is InChI=1S/C21H26N2O2/c1-16(24)22-20-9-7-17(8-10-20)15-23-13-11-19(12-14-23)21(25)18-5-3-2-4-6-18/h2-10,19,21,25H,11-15H2,1H3,(H,22,24). The number of amides is 1. The molecule has 4 heteroatoms. The Labute approximate surface area is 149 Å². The quantitative estimate of drug-likeness (QED) is 0.876. The number of rotatable bonds is 5. The third kappa shape index (κ3) is 4.91. The van der Waals surface area contributed by atoms with Crippen LogP contribution in [-0.2, 0) is 11.3 Å². The molecule has 2 aromatic carbocycles. The van der Waals surface area contributed by atoms with E-state index in [1.807, 2.05) is 42.5 Å². The fourth-order valence-corrected chi connectivity index (χ4v) is 3.50. The molecule has 0 saturated carbocycles. The van der Waals surface area contributed by atoms with Crippen molar-refractivity contribution in [1.82, 2.24) is 4.90 Å². The van der Waals surface area contributed by atoms with Crippen LogP contribution in [0.4, 0.5) is 5.69 Å². The zero-order valence-electron chi connectivity index (χ0n) is 14.7. The van der Waals surface area contributed by atoms with Gasteiger partial charge in [-0.05, 0) is 55.1 Å². The van der Waals surface area contributed by atoms with Crippen LogP contribution >= 0.6 is 0 Å². The molecule has 1 heterocycles. The molecule has 25 heavy (non-hydrogen) atoms. The van der Waals surface area contributed by atoms with Crippen LogP contribution < -0.4 is 5.32 Å². The number of anilines is 1. The molecule has 1 saturated heterocycles. The third-order valence-electron chi connectivity index (χ3n) is 4.90. The van der Waals surface area contributed by atoms with Gasteiger partial charge in [-0.3, -0.25) is 9.69 Å². The molecule has 2 N–H and O–H groups in total. The van der Waals surface area contributed by atoms with Crippen LogP contribution in [0.5, 0.6) is 0 Å². The second-order valence-corrected chi connectivity index (χ2v) is 6.85. The van der Waals surface area contributed by atoms with Crippen LogP contribution in [0.25, 0.3) is 0 Å². The Morgan fingerprint density at radius 3 is 2.36 bits per heavy atom. The zero-order chi connectivity index (χ0) is 17.6. The second kappa shape index (κ2) is 8.28. The van der Waals surface area contributed by atoms with Gasteiger partial charge < -0.3 is 10.4 Å². The molecular formula is C21H26N2O2. The first-order valence-electron chi connectivity index (χ1n) is 8.94. The number of nitrogens with one attached hydrogen (secondary N) is 1. The van der Waals surface area contributed by atoms with Gasteiger partial charge in [-0.1, -0.05) is 42.5 Å². The van der Waals surface area contributed by atoms with E-state index in [1.165, 1.54) is 12.5 Å². The lowest BCUT2D eigenvalue weighted by molar-refractivity contribution is -0.114. The van der Waals surface area contributed by atoms with Gasteiger partial charge in [-0.25, -0.2) is 0 Å². The van der Waals surface area contributed by atoms with Crippen LogP contribution in [0.1, 0.15) is 37.0 Å². The molecule has 1 fully saturated rings. The van der Waals surface area contributed by atoms with Crippen LogP contribution in [0, 0.1) is 5.92 Å². The first-order valence-corrected chi connectivity index (χ1v) is 8.94. The van der Waals surface area contributed by atoms with Crippen molar-refractivity contribution in [2.75, 3.05) is 18.4 Å². The minimum atomic E-state index is -0.361. The average Bonchev–Trinajstić information content (AvgIpc) is 2.64. The molecule has 0 spiro atoms. The molecule has 0 bridgehead atoms. The van der Waals surface area contributed by atoms with Gasteiger partial charge in [-0.2, -0.15) is 0 Å². The fraction of sp³-hybridized carbons (Fsp3) is 0.381. The first-order chi connectivity index (χ1) is 12.1. The highest BCUT2D eigenvalue weighted by atomic mass is 16.3. The lowest BCUT2D eigenvalue weighted by Gasteiger charge is -2.34. The molecule has 4 nitrogen and oxygen atoms in total. The van der Waals surface area contributed by atoms with Gasteiger partial charge >= 0.3 is 0 Å². The number of nitrogens with zero attached hydrogens (tertiary/aromatic N) is 1. The summed E-state index contributed by atoms with van der Waals surface area (Å²) in [5.74, 6) is 0.285. The minimum absolute atomic E-state index is 0.0493. The highest BCUT2D eigenvalue weighted by molar-refractivity contribution is 5.88. The van der Waals surface area contributed by atoms with Gasteiger partial charge in [0.2, 0.25) is 5.91 Å². The van der Waals surface area contributed by atoms with Crippen molar-refractivity contribution in [2.24, 2.45) is 5.92 Å². The highest BCUT2D eigenvalue weighted by Crippen LogP contribution is 2.31. The van der Waals surface area contributed by atoms with E-state index in [0.29, 0.717) is 5.92 Å². The van der Waals surface area contributed by atoms with Gasteiger partial charge in [0.1, 0.15) is 0 Å². The van der Waals surface area contributed by atoms with E-state index in [-0.39, 0.29) is 12.0 Å². The predicted molar refractivity (Wildman–Crippen MR) is 100 cm³/mol. The van der Waals surface area contributed by atoms with Gasteiger partial charge in [0.05, 0.1) is 6.10 Å². The average molecular weight is 338 g/mol. The van der Waals surface area contributed by atoms with Crippen LogP contribution in [0.15, 0.2) is 54.6 Å². The number of benzene rings is 2. The van der Waals surface area contributed by atoms with Gasteiger partial charge in [-0.15, -0.1) is 0 Å². The lowest BCUT2D eigenvalue weighted by atomic mass is 9.87. The molecule has 1 amide bonds. The second-order valence-electron chi connectivity index (χ2n) is 6.85. The molecule has 1 atom stereocenters. The summed E-state index contributed by atoms with van der Waals surface area (Å²) in [4.78, 5) is 13.5. The molecule has 0 radical (unpaired) electrons. The Balaban J connectivity index is 1.50. The molecule has 1 unspecified atom stereocenters. The van der Waals surface area contributed by atoms with E-state index >= 15 is 0 Å². The van der Waals surface area contributed by atoms with E-state index in [4.69, 9.17) is 0 Å². The molecule has 0 aromatic heterocycles. The van der Waals surface area contributed by atoms with E-state index in [9.17, 15) is 9.90 Å². The van der Waals surface area contributed by atoms with Gasteiger partial charge in [0.15, 0.2) is 0 Å². The Morgan fingerprint density at radius 1 is 1.12 bits per heavy atom. The lowest BCUT2D eigenvalue weighted by Crippen LogP contribution is -2.35. The number of hydrogen-bond acceptors (Lipinski definition) is 3. The van der Waals surface area contributed by atoms with E-state index in [1.54, 1.807) is 0 Å². The van der Waals surface area contributed by atoms with Crippen molar-refractivity contribution in [3.63, 3.8) is 0 Å². The Hall–Kier alpha value is -2.17. The molecule has 2 aromatic rings. The van der Waals surface area contributed by atoms with Crippen LogP contribution in [0.2, 0.25) is 0 Å². The van der Waals surface area contributed by atoms with Crippen molar-refractivity contribution in [3.8, 4) is 0 Å². The Kier molecular flexibility index (Phi) is 5.84. The summed E-state index contributed by atoms with van der Waals surface area (Å²) in [5, 5.41) is 13.4. The highest BCUT2D eigenvalue weighted by Gasteiger charge is 2.26. The number of piperidine rings is 1. The summed E-state index contributed by atoms with van der Waals surface area (Å²) in [6, 6.07) is 18.0. The van der Waals surface area contributed by atoms with Crippen LogP contribution in [0.3, 0.4) is 0 Å². The maximum atomic E-state index is 11.1. The molecule has 1 aliphatic rings. The predicted octanol–water partition coefficient (Wildman–Crippen LogP) is 3.59. The fourth-order valence-electron chi connectivity index (χ4n) is 3.50. The summed E-state index contributed by atoms with van der Waals surface area (Å²) < 4.78 is 0. The molecule has 132 valence electrons. The smallest absolute Gasteiger partial charge is 0.221 e. The number of carbonyl (C=O) groups excluding carboxylic acids is 1. The monoisotopic (exact) mass is 338 g/mol. The Bertz CT molecular complexity index is 677. The normalized spacial score (nSPS) is 17.2. The van der Waals surface area contributed by atoms with E-state index < -0.39 is 0 Å². The number of likely N-dealkylation sites (tertiary alicyclic amines) is 1. The molecule has 1 aliphatic heterocycles. The summed E-state index contributed by atoms with van der Waals surface area (Å²) in [6.45, 7) is 4.43. The number of carbonyl (C=O) groups is 1. The third-order valence-corrected chi connectivity index (χ3v) is 4.90. The molecular weight excluding hydrogens is 312 g/mol. The maximum Gasteiger partial charge on any atom is 0.221 e.